The maximum atomic E-state index is 12.4. The van der Waals surface area contributed by atoms with Crippen molar-refractivity contribution in [1.82, 2.24) is 0 Å². The molecular formula is C24H18O2. The summed E-state index contributed by atoms with van der Waals surface area (Å²) in [5.41, 5.74) is 7.01. The van der Waals surface area contributed by atoms with E-state index >= 15 is 0 Å². The van der Waals surface area contributed by atoms with Gasteiger partial charge in [-0.3, -0.25) is 9.59 Å². The van der Waals surface area contributed by atoms with Gasteiger partial charge in [0.25, 0.3) is 0 Å². The van der Waals surface area contributed by atoms with Gasteiger partial charge in [0.1, 0.15) is 0 Å². The first-order chi connectivity index (χ1) is 12.6. The highest BCUT2D eigenvalue weighted by atomic mass is 16.1. The van der Waals surface area contributed by atoms with Crippen molar-refractivity contribution in [2.75, 3.05) is 0 Å². The van der Waals surface area contributed by atoms with Gasteiger partial charge < -0.3 is 0 Å². The lowest BCUT2D eigenvalue weighted by molar-refractivity contribution is 0.100. The van der Waals surface area contributed by atoms with E-state index in [1.807, 2.05) is 72.8 Å². The Kier molecular flexibility index (Phi) is 3.89. The van der Waals surface area contributed by atoms with E-state index in [9.17, 15) is 9.59 Å². The van der Waals surface area contributed by atoms with Crippen molar-refractivity contribution in [1.29, 1.82) is 0 Å². The van der Waals surface area contributed by atoms with Crippen LogP contribution in [0.15, 0.2) is 72.8 Å². The molecule has 2 heteroatoms. The van der Waals surface area contributed by atoms with Gasteiger partial charge in [-0.05, 0) is 48.2 Å². The van der Waals surface area contributed by atoms with Crippen LogP contribution in [0, 0.1) is 0 Å². The lowest BCUT2D eigenvalue weighted by Crippen LogP contribution is -1.97. The maximum absolute atomic E-state index is 12.4. The summed E-state index contributed by atoms with van der Waals surface area (Å²) in [6.07, 6.45) is 0. The van der Waals surface area contributed by atoms with Crippen LogP contribution in [-0.4, -0.2) is 11.6 Å². The Morgan fingerprint density at radius 3 is 1.35 bits per heavy atom. The van der Waals surface area contributed by atoms with Gasteiger partial charge in [0.15, 0.2) is 11.6 Å². The van der Waals surface area contributed by atoms with Crippen LogP contribution in [0.25, 0.3) is 33.4 Å². The maximum Gasteiger partial charge on any atom is 0.160 e. The molecule has 0 bridgehead atoms. The van der Waals surface area contributed by atoms with E-state index in [0.29, 0.717) is 11.1 Å². The summed E-state index contributed by atoms with van der Waals surface area (Å²) < 4.78 is 0. The fourth-order valence-corrected chi connectivity index (χ4v) is 3.67. The Morgan fingerprint density at radius 1 is 0.577 bits per heavy atom. The molecule has 0 atom stereocenters. The van der Waals surface area contributed by atoms with Crippen LogP contribution in [0.1, 0.15) is 34.6 Å². The number of rotatable bonds is 3. The average Bonchev–Trinajstić information content (AvgIpc) is 2.92. The van der Waals surface area contributed by atoms with Crippen molar-refractivity contribution in [3.05, 3.63) is 83.9 Å². The van der Waals surface area contributed by atoms with Crippen molar-refractivity contribution in [2.24, 2.45) is 0 Å². The van der Waals surface area contributed by atoms with Gasteiger partial charge in [0, 0.05) is 22.3 Å². The Bertz CT molecular complexity index is 1000. The minimum atomic E-state index is 0.00279. The third kappa shape index (κ3) is 2.51. The molecule has 2 nitrogen and oxygen atoms in total. The van der Waals surface area contributed by atoms with Gasteiger partial charge in [0.05, 0.1) is 0 Å². The number of fused-ring (bicyclic) bond motifs is 2. The van der Waals surface area contributed by atoms with Crippen molar-refractivity contribution in [2.45, 2.75) is 13.8 Å². The molecule has 126 valence electrons. The second-order valence-corrected chi connectivity index (χ2v) is 6.54. The molecule has 4 aliphatic carbocycles. The van der Waals surface area contributed by atoms with E-state index in [4.69, 9.17) is 0 Å². The van der Waals surface area contributed by atoms with Gasteiger partial charge in [-0.2, -0.15) is 0 Å². The molecule has 0 fully saturated rings. The molecule has 0 aromatic carbocycles. The van der Waals surface area contributed by atoms with E-state index in [0.717, 1.165) is 33.4 Å². The zero-order chi connectivity index (χ0) is 18.3. The van der Waals surface area contributed by atoms with Crippen LogP contribution < -0.4 is 0 Å². The lowest BCUT2D eigenvalue weighted by Gasteiger charge is -2.08. The summed E-state index contributed by atoms with van der Waals surface area (Å²) in [4.78, 5) is 24.8. The fraction of sp³-hybridized carbons (Fsp3) is 0.0833. The van der Waals surface area contributed by atoms with Gasteiger partial charge in [-0.25, -0.2) is 0 Å². The second kappa shape index (κ2) is 6.23. The van der Waals surface area contributed by atoms with E-state index < -0.39 is 0 Å². The van der Waals surface area contributed by atoms with Crippen molar-refractivity contribution in [3.8, 4) is 33.4 Å². The van der Waals surface area contributed by atoms with Crippen LogP contribution in [0.3, 0.4) is 0 Å². The smallest absolute Gasteiger partial charge is 0.160 e. The first-order valence-corrected chi connectivity index (χ1v) is 8.63. The average molecular weight is 338 g/mol. The zero-order valence-corrected chi connectivity index (χ0v) is 14.7. The number of hydrogen-bond acceptors (Lipinski definition) is 2. The molecule has 0 radical (unpaired) electrons. The first kappa shape index (κ1) is 16.2. The molecule has 0 aliphatic heterocycles. The van der Waals surface area contributed by atoms with Crippen LogP contribution in [-0.2, 0) is 0 Å². The fourth-order valence-electron chi connectivity index (χ4n) is 3.67. The Morgan fingerprint density at radius 2 is 0.962 bits per heavy atom. The molecule has 0 N–H and O–H groups in total. The predicted molar refractivity (Wildman–Crippen MR) is 105 cm³/mol. The molecule has 0 amide bonds. The quantitative estimate of drug-likeness (QED) is 0.431. The van der Waals surface area contributed by atoms with E-state index in [1.165, 1.54) is 0 Å². The molecule has 4 rings (SSSR count). The van der Waals surface area contributed by atoms with Gasteiger partial charge in [-0.1, -0.05) is 60.7 Å². The molecule has 4 aliphatic rings. The molecule has 0 aromatic heterocycles. The Labute approximate surface area is 152 Å². The third-order valence-corrected chi connectivity index (χ3v) is 4.83. The Hall–Kier alpha value is -3.26. The van der Waals surface area contributed by atoms with Crippen LogP contribution >= 0.6 is 0 Å². The van der Waals surface area contributed by atoms with Crippen molar-refractivity contribution >= 4 is 11.6 Å². The molecule has 0 spiro atoms. The minimum absolute atomic E-state index is 0.00279. The summed E-state index contributed by atoms with van der Waals surface area (Å²) in [6.45, 7) is 3.16. The highest BCUT2D eigenvalue weighted by Gasteiger charge is 2.27. The minimum Gasteiger partial charge on any atom is -0.294 e. The lowest BCUT2D eigenvalue weighted by atomic mass is 9.93. The molecule has 0 saturated heterocycles. The summed E-state index contributed by atoms with van der Waals surface area (Å²) in [5.74, 6) is 0.00558. The topological polar surface area (TPSA) is 34.1 Å². The predicted octanol–water partition coefficient (Wildman–Crippen LogP) is 5.97. The summed E-state index contributed by atoms with van der Waals surface area (Å²) in [7, 11) is 0. The van der Waals surface area contributed by atoms with Gasteiger partial charge in [0.2, 0.25) is 0 Å². The van der Waals surface area contributed by atoms with E-state index in [2.05, 4.69) is 0 Å². The number of hydrogen-bond donors (Lipinski definition) is 0. The number of carbonyl (C=O) groups is 2. The van der Waals surface area contributed by atoms with Crippen molar-refractivity contribution in [3.63, 3.8) is 0 Å². The van der Waals surface area contributed by atoms with Crippen LogP contribution in [0.2, 0.25) is 0 Å². The molecule has 26 heavy (non-hydrogen) atoms. The molecular weight excluding hydrogens is 320 g/mol. The molecule has 0 saturated carbocycles. The molecule has 0 heterocycles. The first-order valence-electron chi connectivity index (χ1n) is 8.63. The second-order valence-electron chi connectivity index (χ2n) is 6.54. The van der Waals surface area contributed by atoms with Gasteiger partial charge >= 0.3 is 0 Å². The largest absolute Gasteiger partial charge is 0.294 e. The summed E-state index contributed by atoms with van der Waals surface area (Å²) in [5, 5.41) is 0. The number of Topliss-reactive ketones (excluding diaryl/α,β-unsaturated/α-hetero) is 2. The van der Waals surface area contributed by atoms with Gasteiger partial charge in [-0.15, -0.1) is 0 Å². The number of ketones is 2. The molecule has 0 unspecified atom stereocenters. The monoisotopic (exact) mass is 338 g/mol. The molecule has 0 aromatic rings. The standard InChI is InChI=1S/C24H18O2/c1-15(25)21-13-17-9-5-3-7-11-19(17)23(21)24-20-12-8-4-6-10-18(20)14-22(24)16(2)26/h3-14H,1-2H3. The summed E-state index contributed by atoms with van der Waals surface area (Å²) >= 11 is 0. The van der Waals surface area contributed by atoms with E-state index in [-0.39, 0.29) is 11.6 Å². The third-order valence-electron chi connectivity index (χ3n) is 4.83. The summed E-state index contributed by atoms with van der Waals surface area (Å²) in [6, 6.07) is 23.7. The highest BCUT2D eigenvalue weighted by Crippen LogP contribution is 2.46. The van der Waals surface area contributed by atoms with Crippen LogP contribution in [0.4, 0.5) is 0 Å². The number of carbonyl (C=O) groups excluding carboxylic acids is 2. The Balaban J connectivity index is 2.16. The zero-order valence-electron chi connectivity index (χ0n) is 14.7. The highest BCUT2D eigenvalue weighted by molar-refractivity contribution is 6.15. The van der Waals surface area contributed by atoms with Crippen molar-refractivity contribution < 1.29 is 9.59 Å². The normalized spacial score (nSPS) is 11.0. The van der Waals surface area contributed by atoms with E-state index in [1.54, 1.807) is 13.8 Å². The SMILES string of the molecule is CC(=O)c1cc2cccccc-2c1-c1c(C(C)=O)cc2cccccc1-2. The van der Waals surface area contributed by atoms with Crippen LogP contribution in [0.5, 0.6) is 0 Å².